The highest BCUT2D eigenvalue weighted by Crippen LogP contribution is 2.35. The molecule has 38 heavy (non-hydrogen) atoms. The lowest BCUT2D eigenvalue weighted by Gasteiger charge is -2.46. The minimum absolute atomic E-state index is 0.0528. The predicted molar refractivity (Wildman–Crippen MR) is 148 cm³/mol. The highest BCUT2D eigenvalue weighted by molar-refractivity contribution is 7.13. The number of carbonyl (C=O) groups is 1. The number of hydrogen-bond donors (Lipinski definition) is 4. The molecule has 10 atom stereocenters. The zero-order valence-corrected chi connectivity index (χ0v) is 24.9. The lowest BCUT2D eigenvalue weighted by Crippen LogP contribution is -2.59. The van der Waals surface area contributed by atoms with Gasteiger partial charge in [0.25, 0.3) is 0 Å². The smallest absolute Gasteiger partial charge is 0.225 e. The molecule has 0 spiro atoms. The number of hydrogen-bond acceptors (Lipinski definition) is 10. The van der Waals surface area contributed by atoms with Crippen molar-refractivity contribution in [2.24, 2.45) is 17.8 Å². The van der Waals surface area contributed by atoms with Gasteiger partial charge in [-0.1, -0.05) is 20.8 Å². The summed E-state index contributed by atoms with van der Waals surface area (Å²) in [6, 6.07) is -0.180. The third-order valence-corrected chi connectivity index (χ3v) is 9.01. The monoisotopic (exact) mass is 556 g/mol. The first-order valence-electron chi connectivity index (χ1n) is 13.7. The van der Waals surface area contributed by atoms with Crippen LogP contribution < -0.4 is 10.2 Å². The van der Waals surface area contributed by atoms with E-state index in [9.17, 15) is 20.1 Å². The Morgan fingerprint density at radius 3 is 2.58 bits per heavy atom. The van der Waals surface area contributed by atoms with Crippen LogP contribution in [0, 0.1) is 17.8 Å². The Kier molecular flexibility index (Phi) is 10.6. The number of amides is 1. The summed E-state index contributed by atoms with van der Waals surface area (Å²) in [5.74, 6) is -1.59. The number of aliphatic hydroxyl groups excluding tert-OH is 2. The van der Waals surface area contributed by atoms with Gasteiger partial charge in [-0.25, -0.2) is 4.98 Å². The van der Waals surface area contributed by atoms with E-state index in [4.69, 9.17) is 14.5 Å². The van der Waals surface area contributed by atoms with Crippen LogP contribution in [0.15, 0.2) is 5.38 Å². The van der Waals surface area contributed by atoms with E-state index in [0.29, 0.717) is 32.4 Å². The lowest BCUT2D eigenvalue weighted by molar-refractivity contribution is -0.298. The normalized spacial score (nSPS) is 40.3. The molecule has 1 amide bonds. The molecular formula is C27H48N4O6S. The van der Waals surface area contributed by atoms with E-state index >= 15 is 0 Å². The van der Waals surface area contributed by atoms with Crippen molar-refractivity contribution in [1.29, 1.82) is 0 Å². The Morgan fingerprint density at radius 1 is 1.24 bits per heavy atom. The quantitative estimate of drug-likeness (QED) is 0.438. The number of aromatic nitrogens is 1. The molecule has 1 fully saturated rings. The topological polar surface area (TPSA) is 128 Å². The van der Waals surface area contributed by atoms with Gasteiger partial charge in [0.15, 0.2) is 11.4 Å². The summed E-state index contributed by atoms with van der Waals surface area (Å²) in [7, 11) is 5.79. The maximum Gasteiger partial charge on any atom is 0.225 e. The number of ether oxygens (including phenoxy) is 2. The highest BCUT2D eigenvalue weighted by Gasteiger charge is 2.47. The zero-order chi connectivity index (χ0) is 28.4. The molecule has 0 radical (unpaired) electrons. The van der Waals surface area contributed by atoms with E-state index in [-0.39, 0.29) is 24.0 Å². The summed E-state index contributed by atoms with van der Waals surface area (Å²) < 4.78 is 12.4. The summed E-state index contributed by atoms with van der Waals surface area (Å²) >= 11 is 1.55. The molecule has 11 heteroatoms. The summed E-state index contributed by atoms with van der Waals surface area (Å²) in [5.41, 5.74) is -0.477. The molecule has 218 valence electrons. The number of rotatable bonds is 3. The van der Waals surface area contributed by atoms with Gasteiger partial charge in [-0.2, -0.15) is 0 Å². The van der Waals surface area contributed by atoms with Gasteiger partial charge >= 0.3 is 0 Å². The largest absolute Gasteiger partial charge is 0.392 e. The first-order valence-corrected chi connectivity index (χ1v) is 14.6. The second kappa shape index (κ2) is 12.9. The molecule has 2 bridgehead atoms. The van der Waals surface area contributed by atoms with Crippen molar-refractivity contribution in [2.75, 3.05) is 39.1 Å². The number of nitrogens with zero attached hydrogens (tertiary/aromatic N) is 3. The fourth-order valence-electron chi connectivity index (χ4n) is 5.92. The third-order valence-electron chi connectivity index (χ3n) is 8.01. The molecular weight excluding hydrogens is 508 g/mol. The van der Waals surface area contributed by atoms with Crippen molar-refractivity contribution in [1.82, 2.24) is 15.2 Å². The van der Waals surface area contributed by atoms with Gasteiger partial charge in [0.2, 0.25) is 5.91 Å². The van der Waals surface area contributed by atoms with E-state index in [1.54, 1.807) is 32.1 Å². The molecule has 2 aliphatic rings. The van der Waals surface area contributed by atoms with E-state index in [0.717, 1.165) is 10.8 Å². The SMILES string of the molecule is C[C@H]1CN(C)c2nc(cs2)CCNC(=O)[C@H](C)[C@@H](O)[C@H](C)[C@@H](O[C@@H]2O[C@H](C)C[C@H](N(C)C)[C@H]2O)[C@](C)(O)C1. The van der Waals surface area contributed by atoms with Gasteiger partial charge in [-0.3, -0.25) is 4.79 Å². The fraction of sp³-hybridized carbons (Fsp3) is 0.852. The van der Waals surface area contributed by atoms with Gasteiger partial charge in [0.05, 0.1) is 35.5 Å². The van der Waals surface area contributed by atoms with Gasteiger partial charge in [-0.05, 0) is 46.7 Å². The van der Waals surface area contributed by atoms with Crippen molar-refractivity contribution in [3.05, 3.63) is 11.1 Å². The molecule has 0 aliphatic carbocycles. The van der Waals surface area contributed by atoms with Crippen LogP contribution in [0.4, 0.5) is 5.13 Å². The first kappa shape index (κ1) is 31.2. The van der Waals surface area contributed by atoms with Crippen molar-refractivity contribution in [3.63, 3.8) is 0 Å². The second-order valence-electron chi connectivity index (χ2n) is 12.0. The Balaban J connectivity index is 1.92. The number of anilines is 1. The lowest BCUT2D eigenvalue weighted by atomic mass is 9.78. The first-order chi connectivity index (χ1) is 17.7. The van der Waals surface area contributed by atoms with Crippen LogP contribution in [-0.2, 0) is 20.7 Å². The third kappa shape index (κ3) is 7.44. The number of nitrogens with one attached hydrogen (secondary N) is 1. The Hall–Kier alpha value is -1.34. The van der Waals surface area contributed by atoms with Crippen LogP contribution >= 0.6 is 11.3 Å². The minimum Gasteiger partial charge on any atom is -0.392 e. The fourth-order valence-corrected chi connectivity index (χ4v) is 6.76. The van der Waals surface area contributed by atoms with Crippen LogP contribution in [0.1, 0.15) is 53.2 Å². The van der Waals surface area contributed by atoms with Gasteiger partial charge < -0.3 is 39.9 Å². The number of likely N-dealkylation sites (N-methyl/N-ethyl adjacent to an activating group) is 1. The van der Waals surface area contributed by atoms with E-state index < -0.39 is 42.0 Å². The molecule has 0 aromatic carbocycles. The van der Waals surface area contributed by atoms with E-state index in [1.807, 2.05) is 38.3 Å². The van der Waals surface area contributed by atoms with E-state index in [2.05, 4.69) is 17.1 Å². The Labute approximate surface area is 231 Å². The van der Waals surface area contributed by atoms with Crippen molar-refractivity contribution < 1.29 is 29.6 Å². The maximum absolute atomic E-state index is 12.9. The zero-order valence-electron chi connectivity index (χ0n) is 24.1. The molecule has 3 rings (SSSR count). The van der Waals surface area contributed by atoms with Crippen LogP contribution in [0.25, 0.3) is 0 Å². The average molecular weight is 557 g/mol. The molecule has 0 unspecified atom stereocenters. The summed E-state index contributed by atoms with van der Waals surface area (Å²) in [6.45, 7) is 10.2. The van der Waals surface area contributed by atoms with Crippen LogP contribution in [0.5, 0.6) is 0 Å². The van der Waals surface area contributed by atoms with Gasteiger partial charge in [0, 0.05) is 43.9 Å². The molecule has 0 saturated carbocycles. The maximum atomic E-state index is 12.9. The van der Waals surface area contributed by atoms with E-state index in [1.165, 1.54) is 0 Å². The van der Waals surface area contributed by atoms with Crippen molar-refractivity contribution in [3.8, 4) is 0 Å². The second-order valence-corrected chi connectivity index (χ2v) is 12.8. The van der Waals surface area contributed by atoms with Gasteiger partial charge in [-0.15, -0.1) is 11.3 Å². The number of fused-ring (bicyclic) bond motifs is 2. The summed E-state index contributed by atoms with van der Waals surface area (Å²) in [5, 5.41) is 40.1. The molecule has 3 heterocycles. The van der Waals surface area contributed by atoms with Crippen LogP contribution in [-0.4, -0.2) is 108 Å². The predicted octanol–water partition coefficient (Wildman–Crippen LogP) is 1.47. The number of aliphatic hydroxyl groups is 3. The minimum atomic E-state index is -1.39. The van der Waals surface area contributed by atoms with Crippen LogP contribution in [0.3, 0.4) is 0 Å². The molecule has 1 aromatic heterocycles. The summed E-state index contributed by atoms with van der Waals surface area (Å²) in [6.07, 6.45) is -2.47. The number of thiazole rings is 1. The molecule has 2 aliphatic heterocycles. The van der Waals surface area contributed by atoms with Crippen molar-refractivity contribution >= 4 is 22.4 Å². The number of carbonyl (C=O) groups excluding carboxylic acids is 1. The average Bonchev–Trinajstić information content (AvgIpc) is 3.30. The summed E-state index contributed by atoms with van der Waals surface area (Å²) in [4.78, 5) is 21.7. The van der Waals surface area contributed by atoms with Gasteiger partial charge in [0.1, 0.15) is 6.10 Å². The molecule has 1 saturated heterocycles. The van der Waals surface area contributed by atoms with Crippen molar-refractivity contribution in [2.45, 2.75) is 96.2 Å². The standard InChI is InChI=1S/C27H48N4O6S/c1-15-12-27(5,35)23(37-25-22(33)20(30(6)7)11-16(2)36-25)17(3)21(32)18(4)24(34)28-10-9-19-14-38-26(29-19)31(8)13-15/h14-18,20-23,25,32-33,35H,9-13H2,1-8H3,(H,28,34)/t15-,16-,17+,18-,20+,21+,22-,23-,25+,27-/m1/s1. The Morgan fingerprint density at radius 2 is 1.92 bits per heavy atom. The van der Waals surface area contributed by atoms with Crippen LogP contribution in [0.2, 0.25) is 0 Å². The highest BCUT2D eigenvalue weighted by atomic mass is 32.1. The molecule has 10 nitrogen and oxygen atoms in total. The molecule has 4 N–H and O–H groups in total. The molecule has 1 aromatic rings. The Bertz CT molecular complexity index is 914.